The number of benzene rings is 1. The fourth-order valence-corrected chi connectivity index (χ4v) is 0.726. The average Bonchev–Trinajstić information content (AvgIpc) is 2.27. The van der Waals surface area contributed by atoms with E-state index < -0.39 is 25.8 Å². The molecule has 0 radical (unpaired) electrons. The molecule has 0 heterocycles. The molecule has 2 heteroatoms. The van der Waals surface area contributed by atoms with Crippen molar-refractivity contribution in [1.29, 1.82) is 0 Å². The van der Waals surface area contributed by atoms with Crippen molar-refractivity contribution in [1.82, 2.24) is 0 Å². The summed E-state index contributed by atoms with van der Waals surface area (Å²) in [7, 11) is 0. The molecule has 12 heavy (non-hydrogen) atoms. The molecule has 0 atom stereocenters. The summed E-state index contributed by atoms with van der Waals surface area (Å²) < 4.78 is 54.6. The first-order chi connectivity index (χ1) is 8.49. The minimum absolute atomic E-state index is 0.0207. The van der Waals surface area contributed by atoms with Crippen molar-refractivity contribution in [3.8, 4) is 0 Å². The highest BCUT2D eigenvalue weighted by molar-refractivity contribution is 5.89. The maximum absolute atomic E-state index is 11.7. The molecular weight excluding hydrogens is 152 g/mol. The Morgan fingerprint density at radius 3 is 2.75 bits per heavy atom. The lowest BCUT2D eigenvalue weighted by molar-refractivity contribution is 0.0378. The molecule has 0 spiro atoms. The highest BCUT2D eigenvalue weighted by Crippen LogP contribution is 2.02. The van der Waals surface area contributed by atoms with Gasteiger partial charge in [0, 0.05) is 8.22 Å². The van der Waals surface area contributed by atoms with E-state index in [1.54, 1.807) is 6.07 Å². The molecule has 0 bridgehead atoms. The molecule has 2 nitrogen and oxygen atoms in total. The largest absolute Gasteiger partial charge is 0.459 e. The molecule has 0 saturated carbocycles. The Labute approximate surface area is 82.0 Å². The fraction of sp³-hybridized carbons (Fsp3) is 0.300. The van der Waals surface area contributed by atoms with Gasteiger partial charge in [-0.1, -0.05) is 18.2 Å². The third kappa shape index (κ3) is 2.38. The topological polar surface area (TPSA) is 26.3 Å². The molecule has 0 amide bonds. The van der Waals surface area contributed by atoms with Crippen LogP contribution in [0, 0.1) is 0 Å². The summed E-state index contributed by atoms with van der Waals surface area (Å²) in [6.45, 7) is -6.58. The van der Waals surface area contributed by atoms with E-state index >= 15 is 0 Å². The van der Waals surface area contributed by atoms with Crippen LogP contribution in [0.5, 0.6) is 0 Å². The number of carbonyl (C=O) groups excluding carboxylic acids is 1. The van der Waals surface area contributed by atoms with Crippen LogP contribution in [0.15, 0.2) is 30.3 Å². The fourth-order valence-electron chi connectivity index (χ4n) is 0.726. The molecule has 0 aliphatic heterocycles. The number of carbonyl (C=O) groups is 1. The van der Waals surface area contributed by atoms with E-state index in [0.29, 0.717) is 0 Å². The molecule has 1 rings (SSSR count). The second kappa shape index (κ2) is 3.90. The Kier molecular flexibility index (Phi) is 1.04. The number of hydrogen-bond acceptors (Lipinski definition) is 2. The van der Waals surface area contributed by atoms with Crippen molar-refractivity contribution in [2.75, 3.05) is 0 Å². The van der Waals surface area contributed by atoms with Gasteiger partial charge in [-0.15, -0.1) is 0 Å². The molecule has 0 N–H and O–H groups in total. The van der Waals surface area contributed by atoms with Gasteiger partial charge in [-0.25, -0.2) is 4.79 Å². The Balaban J connectivity index is 3.08. The molecule has 1 aromatic carbocycles. The Bertz CT molecular complexity index is 435. The Morgan fingerprint density at radius 2 is 2.17 bits per heavy atom. The summed E-state index contributed by atoms with van der Waals surface area (Å²) in [5.41, 5.74) is -0.0207. The lowest BCUT2D eigenvalue weighted by Crippen LogP contribution is -2.11. The van der Waals surface area contributed by atoms with Crippen molar-refractivity contribution in [3.63, 3.8) is 0 Å². The summed E-state index contributed by atoms with van der Waals surface area (Å²) in [6, 6.07) is 7.31. The highest BCUT2D eigenvalue weighted by Gasteiger charge is 2.06. The molecule has 0 aromatic heterocycles. The molecule has 1 aromatic rings. The van der Waals surface area contributed by atoms with Gasteiger partial charge in [-0.2, -0.15) is 0 Å². The lowest BCUT2D eigenvalue weighted by atomic mass is 10.2. The van der Waals surface area contributed by atoms with Crippen LogP contribution in [0.2, 0.25) is 0 Å². The van der Waals surface area contributed by atoms with Gasteiger partial charge in [-0.05, 0) is 25.8 Å². The predicted octanol–water partition coefficient (Wildman–Crippen LogP) is 2.25. The summed E-state index contributed by atoms with van der Waals surface area (Å²) in [5, 5.41) is 0. The van der Waals surface area contributed by atoms with E-state index in [1.165, 1.54) is 24.3 Å². The van der Waals surface area contributed by atoms with Crippen molar-refractivity contribution >= 4 is 5.97 Å². The van der Waals surface area contributed by atoms with E-state index in [-0.39, 0.29) is 5.56 Å². The SMILES string of the molecule is [2H]C([2H])([2H])C([2H])(OC(=O)c1ccccc1)C([2H])([2H])[2H]. The second-order valence-corrected chi connectivity index (χ2v) is 2.08. The van der Waals surface area contributed by atoms with E-state index in [1.807, 2.05) is 0 Å². The van der Waals surface area contributed by atoms with E-state index in [9.17, 15) is 4.79 Å². The molecule has 0 aliphatic carbocycles. The Morgan fingerprint density at radius 1 is 1.50 bits per heavy atom. The normalized spacial score (nSPS) is 21.5. The molecule has 0 fully saturated rings. The predicted molar refractivity (Wildman–Crippen MR) is 47.0 cm³/mol. The van der Waals surface area contributed by atoms with Gasteiger partial charge in [-0.3, -0.25) is 0 Å². The molecule has 0 saturated heterocycles. The van der Waals surface area contributed by atoms with Crippen LogP contribution >= 0.6 is 0 Å². The first-order valence-corrected chi connectivity index (χ1v) is 3.27. The molecule has 0 unspecified atom stereocenters. The maximum atomic E-state index is 11.7. The average molecular weight is 171 g/mol. The third-order valence-electron chi connectivity index (χ3n) is 1.20. The smallest absolute Gasteiger partial charge is 0.338 e. The first-order valence-electron chi connectivity index (χ1n) is 6.77. The van der Waals surface area contributed by atoms with Crippen LogP contribution in [-0.2, 0) is 4.74 Å². The van der Waals surface area contributed by atoms with Crippen LogP contribution in [0.25, 0.3) is 0 Å². The van der Waals surface area contributed by atoms with Crippen LogP contribution < -0.4 is 0 Å². The van der Waals surface area contributed by atoms with Gasteiger partial charge >= 0.3 is 5.97 Å². The number of esters is 1. The van der Waals surface area contributed by atoms with Gasteiger partial charge < -0.3 is 4.74 Å². The summed E-state index contributed by atoms with van der Waals surface area (Å²) in [5.74, 6) is -1.16. The summed E-state index contributed by atoms with van der Waals surface area (Å²) in [6.07, 6.45) is -3.30. The lowest BCUT2D eigenvalue weighted by Gasteiger charge is -2.06. The van der Waals surface area contributed by atoms with Gasteiger partial charge in [0.05, 0.1) is 13.0 Å². The quantitative estimate of drug-likeness (QED) is 0.638. The van der Waals surface area contributed by atoms with Crippen LogP contribution in [0.3, 0.4) is 0 Å². The number of ether oxygens (including phenoxy) is 1. The first kappa shape index (κ1) is 3.21. The van der Waals surface area contributed by atoms with Gasteiger partial charge in [0.25, 0.3) is 0 Å². The zero-order valence-electron chi connectivity index (χ0n) is 13.2. The maximum Gasteiger partial charge on any atom is 0.338 e. The molecule has 0 aliphatic rings. The van der Waals surface area contributed by atoms with Gasteiger partial charge in [0.2, 0.25) is 0 Å². The van der Waals surface area contributed by atoms with Crippen molar-refractivity contribution < 1.29 is 19.1 Å². The monoisotopic (exact) mass is 171 g/mol. The van der Waals surface area contributed by atoms with E-state index in [4.69, 9.17) is 9.60 Å². The zero-order chi connectivity index (χ0) is 14.9. The minimum atomic E-state index is -3.30. The minimum Gasteiger partial charge on any atom is -0.459 e. The highest BCUT2D eigenvalue weighted by atomic mass is 16.5. The van der Waals surface area contributed by atoms with Gasteiger partial charge in [0.15, 0.2) is 0 Å². The van der Waals surface area contributed by atoms with Crippen molar-refractivity contribution in [2.45, 2.75) is 19.8 Å². The van der Waals surface area contributed by atoms with Gasteiger partial charge in [0.1, 0.15) is 0 Å². The van der Waals surface area contributed by atoms with E-state index in [0.717, 1.165) is 0 Å². The summed E-state index contributed by atoms with van der Waals surface area (Å²) >= 11 is 0. The van der Waals surface area contributed by atoms with Crippen molar-refractivity contribution in [2.24, 2.45) is 0 Å². The van der Waals surface area contributed by atoms with Crippen LogP contribution in [0.4, 0.5) is 0 Å². The van der Waals surface area contributed by atoms with Crippen LogP contribution in [0.1, 0.15) is 33.7 Å². The second-order valence-electron chi connectivity index (χ2n) is 2.08. The zero-order valence-corrected chi connectivity index (χ0v) is 6.20. The number of rotatable bonds is 2. The van der Waals surface area contributed by atoms with Crippen molar-refractivity contribution in [3.05, 3.63) is 35.9 Å². The molecular formula is C10H12O2. The van der Waals surface area contributed by atoms with E-state index in [2.05, 4.69) is 4.74 Å². The Hall–Kier alpha value is -1.31. The number of hydrogen-bond donors (Lipinski definition) is 0. The standard InChI is InChI=1S/C10H12O2/c1-8(2)12-10(11)9-6-4-3-5-7-9/h3-8H,1-2H3/i1D3,2D3,8D. The third-order valence-corrected chi connectivity index (χ3v) is 1.20. The van der Waals surface area contributed by atoms with Crippen LogP contribution in [-0.4, -0.2) is 12.0 Å². The summed E-state index contributed by atoms with van der Waals surface area (Å²) in [4.78, 5) is 11.7. The molecule has 64 valence electrons.